The van der Waals surface area contributed by atoms with E-state index in [1.54, 1.807) is 57.2 Å². The lowest BCUT2D eigenvalue weighted by atomic mass is 9.83. The van der Waals surface area contributed by atoms with E-state index < -0.39 is 41.1 Å². The Morgan fingerprint density at radius 2 is 1.85 bits per heavy atom. The molecule has 1 fully saturated rings. The fraction of sp³-hybridized carbons (Fsp3) is 0.367. The van der Waals surface area contributed by atoms with Gasteiger partial charge in [0.15, 0.2) is 0 Å². The summed E-state index contributed by atoms with van der Waals surface area (Å²) in [6.07, 6.45) is 1.29. The average Bonchev–Trinajstić information content (AvgIpc) is 3.36. The Kier molecular flexibility index (Phi) is 8.18. The lowest BCUT2D eigenvalue weighted by molar-refractivity contribution is -0.153. The molecule has 0 aliphatic carbocycles. The van der Waals surface area contributed by atoms with Crippen LogP contribution in [0, 0.1) is 25.1 Å². The summed E-state index contributed by atoms with van der Waals surface area (Å²) in [5.41, 5.74) is 2.35. The lowest BCUT2D eigenvalue weighted by Crippen LogP contribution is -2.51. The number of aliphatic carboxylic acids is 1. The van der Waals surface area contributed by atoms with Gasteiger partial charge in [-0.3, -0.25) is 19.2 Å². The maximum atomic E-state index is 14.0. The van der Waals surface area contributed by atoms with E-state index in [0.29, 0.717) is 41.6 Å². The Labute approximate surface area is 231 Å². The van der Waals surface area contributed by atoms with Crippen LogP contribution in [0.4, 0.5) is 4.39 Å². The molecule has 0 unspecified atom stereocenters. The highest BCUT2D eigenvalue weighted by molar-refractivity contribution is 5.97. The van der Waals surface area contributed by atoms with Crippen LogP contribution < -0.4 is 10.9 Å². The summed E-state index contributed by atoms with van der Waals surface area (Å²) in [5.74, 6) is -2.39. The number of likely N-dealkylation sites (tertiary alicyclic amines) is 1. The summed E-state index contributed by atoms with van der Waals surface area (Å²) < 4.78 is 14.0. The number of benzene rings is 2. The minimum atomic E-state index is -1.25. The highest BCUT2D eigenvalue weighted by atomic mass is 19.1. The molecule has 2 heterocycles. The number of H-pyrrole nitrogens is 1. The van der Waals surface area contributed by atoms with Crippen molar-refractivity contribution in [1.29, 1.82) is 0 Å². The number of carboxylic acids is 1. The zero-order valence-corrected chi connectivity index (χ0v) is 23.0. The molecule has 3 N–H and O–H groups in total. The van der Waals surface area contributed by atoms with E-state index in [4.69, 9.17) is 0 Å². The number of nitrogens with one attached hydrogen (secondary N) is 2. The molecule has 2 amide bonds. The van der Waals surface area contributed by atoms with Gasteiger partial charge in [-0.15, -0.1) is 0 Å². The zero-order valence-electron chi connectivity index (χ0n) is 23.0. The summed E-state index contributed by atoms with van der Waals surface area (Å²) in [6.45, 7) is 6.42. The second kappa shape index (κ2) is 11.4. The maximum Gasteiger partial charge on any atom is 0.311 e. The molecule has 40 heavy (non-hydrogen) atoms. The standard InChI is InChI=1S/C30H33FN4O5/c1-17-12-21(9-8-19(17)14-22-13-18(2)33-34-28(22)38)27(37)32-16-26(36)35-24(20-6-5-7-23(31)15-20)10-11-25(35)30(3,4)29(39)40/h5-9,12-13,15,24-25H,10-11,14,16H2,1-4H3,(H,32,37)(H,34,38)(H,39,40)/t24-,25+/m0/s1. The first kappa shape index (κ1) is 28.7. The fourth-order valence-corrected chi connectivity index (χ4v) is 5.33. The fourth-order valence-electron chi connectivity index (χ4n) is 5.33. The Bertz CT molecular complexity index is 1520. The molecular formula is C30H33FN4O5. The highest BCUT2D eigenvalue weighted by Gasteiger charge is 2.48. The number of aromatic amines is 1. The molecule has 1 saturated heterocycles. The van der Waals surface area contributed by atoms with Gasteiger partial charge in [0, 0.05) is 23.6 Å². The number of hydrogen-bond acceptors (Lipinski definition) is 5. The van der Waals surface area contributed by atoms with Gasteiger partial charge in [-0.25, -0.2) is 9.49 Å². The minimum Gasteiger partial charge on any atom is -0.481 e. The molecule has 1 aliphatic rings. The predicted molar refractivity (Wildman–Crippen MR) is 146 cm³/mol. The predicted octanol–water partition coefficient (Wildman–Crippen LogP) is 3.69. The normalized spacial score (nSPS) is 17.1. The minimum absolute atomic E-state index is 0.270. The Hall–Kier alpha value is -4.34. The maximum absolute atomic E-state index is 14.0. The van der Waals surface area contributed by atoms with Crippen molar-refractivity contribution >= 4 is 17.8 Å². The van der Waals surface area contributed by atoms with Crippen LogP contribution in [0.25, 0.3) is 0 Å². The van der Waals surface area contributed by atoms with Gasteiger partial charge in [-0.2, -0.15) is 5.10 Å². The van der Waals surface area contributed by atoms with Gasteiger partial charge >= 0.3 is 5.97 Å². The second-order valence-corrected chi connectivity index (χ2v) is 10.9. The average molecular weight is 549 g/mol. The first-order valence-electron chi connectivity index (χ1n) is 13.1. The molecule has 4 rings (SSSR count). The van der Waals surface area contributed by atoms with Gasteiger partial charge in [0.25, 0.3) is 11.5 Å². The SMILES string of the molecule is Cc1cc(Cc2ccc(C(=O)NCC(=O)N3[C@H](c4cccc(F)c4)CC[C@@H]3C(C)(C)C(=O)O)cc2C)c(=O)[nH]n1. The van der Waals surface area contributed by atoms with Crippen molar-refractivity contribution in [2.24, 2.45) is 5.41 Å². The van der Waals surface area contributed by atoms with E-state index in [0.717, 1.165) is 11.1 Å². The van der Waals surface area contributed by atoms with E-state index in [2.05, 4.69) is 15.5 Å². The first-order chi connectivity index (χ1) is 18.9. The van der Waals surface area contributed by atoms with Crippen molar-refractivity contribution in [2.45, 2.75) is 59.0 Å². The number of hydrogen-bond donors (Lipinski definition) is 3. The second-order valence-electron chi connectivity index (χ2n) is 10.9. The van der Waals surface area contributed by atoms with Crippen molar-refractivity contribution in [3.05, 3.63) is 98.2 Å². The molecule has 210 valence electrons. The molecular weight excluding hydrogens is 515 g/mol. The number of halogens is 1. The van der Waals surface area contributed by atoms with Gasteiger partial charge in [0.05, 0.1) is 23.7 Å². The van der Waals surface area contributed by atoms with Crippen LogP contribution in [0.3, 0.4) is 0 Å². The zero-order chi connectivity index (χ0) is 29.2. The Balaban J connectivity index is 1.50. The van der Waals surface area contributed by atoms with Crippen LogP contribution in [0.1, 0.15) is 71.0 Å². The summed E-state index contributed by atoms with van der Waals surface area (Å²) in [7, 11) is 0. The number of nitrogens with zero attached hydrogens (tertiary/aromatic N) is 2. The third-order valence-electron chi connectivity index (χ3n) is 7.69. The van der Waals surface area contributed by atoms with Gasteiger partial charge in [0.1, 0.15) is 5.82 Å². The van der Waals surface area contributed by atoms with Crippen LogP contribution >= 0.6 is 0 Å². The highest BCUT2D eigenvalue weighted by Crippen LogP contribution is 2.43. The third kappa shape index (κ3) is 5.95. The van der Waals surface area contributed by atoms with E-state index in [-0.39, 0.29) is 12.1 Å². The van der Waals surface area contributed by atoms with Crippen LogP contribution in [0.5, 0.6) is 0 Å². The van der Waals surface area contributed by atoms with Crippen LogP contribution in [-0.4, -0.2) is 50.6 Å². The van der Waals surface area contributed by atoms with E-state index in [9.17, 15) is 28.7 Å². The van der Waals surface area contributed by atoms with Gasteiger partial charge in [0.2, 0.25) is 5.91 Å². The summed E-state index contributed by atoms with van der Waals surface area (Å²) in [5, 5.41) is 18.9. The van der Waals surface area contributed by atoms with Crippen LogP contribution in [-0.2, 0) is 16.0 Å². The van der Waals surface area contributed by atoms with Crippen molar-refractivity contribution in [3.63, 3.8) is 0 Å². The number of carbonyl (C=O) groups excluding carboxylic acids is 2. The van der Waals surface area contributed by atoms with Crippen molar-refractivity contribution in [1.82, 2.24) is 20.4 Å². The first-order valence-corrected chi connectivity index (χ1v) is 13.1. The molecule has 10 heteroatoms. The van der Waals surface area contributed by atoms with Crippen molar-refractivity contribution in [3.8, 4) is 0 Å². The molecule has 0 saturated carbocycles. The van der Waals surface area contributed by atoms with Gasteiger partial charge < -0.3 is 15.3 Å². The van der Waals surface area contributed by atoms with Gasteiger partial charge in [-0.1, -0.05) is 18.2 Å². The topological polar surface area (TPSA) is 132 Å². The Morgan fingerprint density at radius 1 is 1.10 bits per heavy atom. The number of aromatic nitrogens is 2. The number of carboxylic acid groups (broad SMARTS) is 1. The number of rotatable bonds is 8. The summed E-state index contributed by atoms with van der Waals surface area (Å²) in [6, 6.07) is 11.6. The molecule has 3 aromatic rings. The van der Waals surface area contributed by atoms with Crippen molar-refractivity contribution < 1.29 is 23.9 Å². The molecule has 0 radical (unpaired) electrons. The van der Waals surface area contributed by atoms with Gasteiger partial charge in [-0.05, 0) is 87.6 Å². The summed E-state index contributed by atoms with van der Waals surface area (Å²) in [4.78, 5) is 52.1. The molecule has 1 aliphatic heterocycles. The number of aryl methyl sites for hydroxylation is 2. The number of carbonyl (C=O) groups is 3. The molecule has 0 spiro atoms. The Morgan fingerprint density at radius 3 is 2.52 bits per heavy atom. The summed E-state index contributed by atoms with van der Waals surface area (Å²) >= 11 is 0. The van der Waals surface area contributed by atoms with E-state index in [1.165, 1.54) is 17.0 Å². The number of amides is 2. The van der Waals surface area contributed by atoms with E-state index in [1.807, 2.05) is 6.92 Å². The monoisotopic (exact) mass is 548 g/mol. The molecule has 2 aromatic carbocycles. The molecule has 9 nitrogen and oxygen atoms in total. The quantitative estimate of drug-likeness (QED) is 0.393. The van der Waals surface area contributed by atoms with Crippen molar-refractivity contribution in [2.75, 3.05) is 6.54 Å². The largest absolute Gasteiger partial charge is 0.481 e. The van der Waals surface area contributed by atoms with Crippen LogP contribution in [0.2, 0.25) is 0 Å². The molecule has 2 atom stereocenters. The van der Waals surface area contributed by atoms with Crippen LogP contribution in [0.15, 0.2) is 53.3 Å². The lowest BCUT2D eigenvalue weighted by Gasteiger charge is -2.37. The van der Waals surface area contributed by atoms with E-state index >= 15 is 0 Å². The molecule has 0 bridgehead atoms. The third-order valence-corrected chi connectivity index (χ3v) is 7.69. The molecule has 1 aromatic heterocycles. The smallest absolute Gasteiger partial charge is 0.311 e.